The van der Waals surface area contributed by atoms with Crippen LogP contribution in [-0.4, -0.2) is 13.2 Å². The van der Waals surface area contributed by atoms with Crippen LogP contribution in [-0.2, 0) is 20.3 Å². The maximum Gasteiger partial charge on any atom is 0.224 e. The van der Waals surface area contributed by atoms with Crippen molar-refractivity contribution in [2.24, 2.45) is 0 Å². The lowest BCUT2D eigenvalue weighted by molar-refractivity contribution is -0.445. The summed E-state index contributed by atoms with van der Waals surface area (Å²) in [5.41, 5.74) is 0.961. The standard InChI is InChI=1S/C15H22O3/c1-15(16-2,13-9-5-3-6-10-13)18-17-14-11-7-4-8-12-14/h3,5-6,9-10,14H,4,7-8,11-12H2,1-2H3. The Balaban J connectivity index is 1.95. The van der Waals surface area contributed by atoms with Gasteiger partial charge in [0.05, 0.1) is 6.10 Å². The minimum atomic E-state index is -0.835. The predicted octanol–water partition coefficient (Wildman–Crippen LogP) is 3.79. The molecule has 1 aliphatic rings. The van der Waals surface area contributed by atoms with Crippen molar-refractivity contribution in [1.29, 1.82) is 0 Å². The molecule has 2 rings (SSSR count). The molecule has 1 saturated carbocycles. The Bertz CT molecular complexity index is 346. The van der Waals surface area contributed by atoms with Crippen LogP contribution in [0.4, 0.5) is 0 Å². The first-order chi connectivity index (χ1) is 8.74. The molecule has 100 valence electrons. The fourth-order valence-electron chi connectivity index (χ4n) is 2.26. The molecule has 3 heteroatoms. The topological polar surface area (TPSA) is 27.7 Å². The van der Waals surface area contributed by atoms with Crippen LogP contribution in [0.1, 0.15) is 44.6 Å². The Labute approximate surface area is 109 Å². The second-order valence-electron chi connectivity index (χ2n) is 4.96. The van der Waals surface area contributed by atoms with Gasteiger partial charge in [0.1, 0.15) is 0 Å². The number of benzene rings is 1. The zero-order valence-corrected chi connectivity index (χ0v) is 11.2. The van der Waals surface area contributed by atoms with E-state index in [0.29, 0.717) is 0 Å². The van der Waals surface area contributed by atoms with E-state index in [4.69, 9.17) is 14.5 Å². The highest BCUT2D eigenvalue weighted by Crippen LogP contribution is 2.29. The normalized spacial score (nSPS) is 20.6. The van der Waals surface area contributed by atoms with E-state index in [1.165, 1.54) is 19.3 Å². The molecule has 1 aliphatic carbocycles. The summed E-state index contributed by atoms with van der Waals surface area (Å²) < 4.78 is 5.47. The Morgan fingerprint density at radius 1 is 1.06 bits per heavy atom. The molecule has 0 spiro atoms. The van der Waals surface area contributed by atoms with Gasteiger partial charge in [0.25, 0.3) is 0 Å². The van der Waals surface area contributed by atoms with Gasteiger partial charge in [0.15, 0.2) is 0 Å². The summed E-state index contributed by atoms with van der Waals surface area (Å²) in [7, 11) is 1.64. The molecule has 1 unspecified atom stereocenters. The van der Waals surface area contributed by atoms with Crippen molar-refractivity contribution in [3.63, 3.8) is 0 Å². The molecule has 0 aromatic heterocycles. The molecule has 0 amide bonds. The molecule has 0 aliphatic heterocycles. The number of hydrogen-bond acceptors (Lipinski definition) is 3. The zero-order valence-electron chi connectivity index (χ0n) is 11.2. The number of hydrogen-bond donors (Lipinski definition) is 0. The lowest BCUT2D eigenvalue weighted by atomic mass is 9.98. The molecule has 1 aromatic carbocycles. The number of rotatable bonds is 5. The van der Waals surface area contributed by atoms with Gasteiger partial charge < -0.3 is 4.74 Å². The molecule has 1 fully saturated rings. The van der Waals surface area contributed by atoms with E-state index in [0.717, 1.165) is 18.4 Å². The van der Waals surface area contributed by atoms with Gasteiger partial charge in [-0.2, -0.15) is 4.89 Å². The lowest BCUT2D eigenvalue weighted by Gasteiger charge is -2.30. The SMILES string of the molecule is COC(C)(OOC1CCCCC1)c1ccccc1. The minimum absolute atomic E-state index is 0.205. The highest BCUT2D eigenvalue weighted by atomic mass is 17.2. The van der Waals surface area contributed by atoms with Crippen molar-refractivity contribution in [2.75, 3.05) is 7.11 Å². The third-order valence-corrected chi connectivity index (χ3v) is 3.58. The quantitative estimate of drug-likeness (QED) is 0.452. The molecule has 1 aromatic rings. The summed E-state index contributed by atoms with van der Waals surface area (Å²) in [5, 5.41) is 0. The van der Waals surface area contributed by atoms with Crippen LogP contribution in [0.2, 0.25) is 0 Å². The molecule has 0 N–H and O–H groups in total. The Morgan fingerprint density at radius 3 is 2.33 bits per heavy atom. The van der Waals surface area contributed by atoms with Crippen LogP contribution < -0.4 is 0 Å². The summed E-state index contributed by atoms with van der Waals surface area (Å²) in [6, 6.07) is 9.87. The first-order valence-corrected chi connectivity index (χ1v) is 6.70. The summed E-state index contributed by atoms with van der Waals surface area (Å²) in [5.74, 6) is -0.835. The van der Waals surface area contributed by atoms with E-state index in [-0.39, 0.29) is 6.10 Å². The van der Waals surface area contributed by atoms with Crippen LogP contribution in [0.3, 0.4) is 0 Å². The van der Waals surface area contributed by atoms with Crippen molar-refractivity contribution in [1.82, 2.24) is 0 Å². The molecule has 0 heterocycles. The number of methoxy groups -OCH3 is 1. The van der Waals surface area contributed by atoms with Crippen molar-refractivity contribution >= 4 is 0 Å². The second-order valence-corrected chi connectivity index (χ2v) is 4.96. The largest absolute Gasteiger partial charge is 0.347 e. The molecule has 0 radical (unpaired) electrons. The Kier molecular flexibility index (Phi) is 4.75. The molecular weight excluding hydrogens is 228 g/mol. The Hall–Kier alpha value is -0.900. The van der Waals surface area contributed by atoms with E-state index in [1.54, 1.807) is 7.11 Å². The Morgan fingerprint density at radius 2 is 1.72 bits per heavy atom. The van der Waals surface area contributed by atoms with Crippen molar-refractivity contribution in [3.05, 3.63) is 35.9 Å². The average molecular weight is 250 g/mol. The van der Waals surface area contributed by atoms with Gasteiger partial charge >= 0.3 is 0 Å². The van der Waals surface area contributed by atoms with Gasteiger partial charge in [-0.1, -0.05) is 49.6 Å². The van der Waals surface area contributed by atoms with Crippen molar-refractivity contribution in [3.8, 4) is 0 Å². The lowest BCUT2D eigenvalue weighted by Crippen LogP contribution is -2.31. The molecule has 18 heavy (non-hydrogen) atoms. The maximum atomic E-state index is 5.58. The van der Waals surface area contributed by atoms with Crippen LogP contribution >= 0.6 is 0 Å². The van der Waals surface area contributed by atoms with E-state index in [9.17, 15) is 0 Å². The van der Waals surface area contributed by atoms with E-state index < -0.39 is 5.79 Å². The zero-order chi connectivity index (χ0) is 12.8. The highest BCUT2D eigenvalue weighted by Gasteiger charge is 2.30. The van der Waals surface area contributed by atoms with Crippen molar-refractivity contribution in [2.45, 2.75) is 50.9 Å². The highest BCUT2D eigenvalue weighted by molar-refractivity contribution is 5.19. The van der Waals surface area contributed by atoms with E-state index in [1.807, 2.05) is 37.3 Å². The molecule has 1 atom stereocenters. The van der Waals surface area contributed by atoms with Crippen LogP contribution in [0, 0.1) is 0 Å². The van der Waals surface area contributed by atoms with E-state index >= 15 is 0 Å². The summed E-state index contributed by atoms with van der Waals surface area (Å²) >= 11 is 0. The average Bonchev–Trinajstić information content (AvgIpc) is 2.47. The molecule has 3 nitrogen and oxygen atoms in total. The third kappa shape index (κ3) is 3.31. The third-order valence-electron chi connectivity index (χ3n) is 3.58. The first kappa shape index (κ1) is 13.5. The number of ether oxygens (including phenoxy) is 1. The second kappa shape index (κ2) is 6.32. The summed E-state index contributed by atoms with van der Waals surface area (Å²) in [6.45, 7) is 1.88. The molecule has 0 saturated heterocycles. The van der Waals surface area contributed by atoms with Gasteiger partial charge in [-0.15, -0.1) is 0 Å². The van der Waals surface area contributed by atoms with Gasteiger partial charge in [-0.25, -0.2) is 4.89 Å². The van der Waals surface area contributed by atoms with E-state index in [2.05, 4.69) is 0 Å². The monoisotopic (exact) mass is 250 g/mol. The smallest absolute Gasteiger partial charge is 0.224 e. The van der Waals surface area contributed by atoms with Crippen LogP contribution in [0.5, 0.6) is 0 Å². The van der Waals surface area contributed by atoms with Crippen LogP contribution in [0.15, 0.2) is 30.3 Å². The van der Waals surface area contributed by atoms with Gasteiger partial charge in [0, 0.05) is 12.7 Å². The predicted molar refractivity (Wildman–Crippen MR) is 69.8 cm³/mol. The maximum absolute atomic E-state index is 5.58. The minimum Gasteiger partial charge on any atom is -0.347 e. The fraction of sp³-hybridized carbons (Fsp3) is 0.600. The summed E-state index contributed by atoms with van der Waals surface area (Å²) in [6.07, 6.45) is 6.12. The van der Waals surface area contributed by atoms with Gasteiger partial charge in [-0.05, 0) is 19.8 Å². The van der Waals surface area contributed by atoms with Crippen LogP contribution in [0.25, 0.3) is 0 Å². The van der Waals surface area contributed by atoms with Gasteiger partial charge in [0.2, 0.25) is 5.79 Å². The molecule has 0 bridgehead atoms. The summed E-state index contributed by atoms with van der Waals surface area (Å²) in [4.78, 5) is 11.2. The fourth-order valence-corrected chi connectivity index (χ4v) is 2.26. The van der Waals surface area contributed by atoms with Crippen molar-refractivity contribution < 1.29 is 14.5 Å². The van der Waals surface area contributed by atoms with Gasteiger partial charge in [-0.3, -0.25) is 0 Å². The first-order valence-electron chi connectivity index (χ1n) is 6.70. The molecular formula is C15H22O3.